The highest BCUT2D eigenvalue weighted by atomic mass is 35.5. The Labute approximate surface area is 183 Å². The van der Waals surface area contributed by atoms with E-state index in [1.54, 1.807) is 12.1 Å². The summed E-state index contributed by atoms with van der Waals surface area (Å²) < 4.78 is 6.82. The molecular weight excluding hydrogens is 424 g/mol. The maximum Gasteiger partial charge on any atom is 0.259 e. The number of aromatic nitrogens is 4. The molecule has 1 amide bonds. The summed E-state index contributed by atoms with van der Waals surface area (Å²) in [6.07, 6.45) is 1.42. The zero-order valence-corrected chi connectivity index (χ0v) is 18.0. The fourth-order valence-electron chi connectivity index (χ4n) is 3.30. The molecule has 0 saturated carbocycles. The normalized spacial score (nSPS) is 14.5. The predicted octanol–water partition coefficient (Wildman–Crippen LogP) is 3.13. The Balaban J connectivity index is 1.52. The highest BCUT2D eigenvalue weighted by Gasteiger charge is 2.18. The number of thioether (sulfide) groups is 1. The quantitative estimate of drug-likeness (QED) is 0.625. The van der Waals surface area contributed by atoms with Crippen molar-refractivity contribution in [2.45, 2.75) is 6.54 Å². The molecule has 0 atom stereocenters. The summed E-state index contributed by atoms with van der Waals surface area (Å²) in [4.78, 5) is 15.4. The first kappa shape index (κ1) is 20.6. The molecule has 0 spiro atoms. The Hall–Kier alpha value is -2.62. The summed E-state index contributed by atoms with van der Waals surface area (Å²) in [6, 6.07) is 11.1. The van der Waals surface area contributed by atoms with Crippen LogP contribution in [-0.4, -0.2) is 62.7 Å². The van der Waals surface area contributed by atoms with Gasteiger partial charge in [-0.25, -0.2) is 0 Å². The number of ether oxygens (including phenoxy) is 1. The van der Waals surface area contributed by atoms with Gasteiger partial charge in [-0.15, -0.1) is 5.10 Å². The molecule has 2 aromatic carbocycles. The molecule has 1 N–H and O–H groups in total. The van der Waals surface area contributed by atoms with Crippen LogP contribution in [0.1, 0.15) is 15.9 Å². The number of hydrogen-bond donors (Lipinski definition) is 1. The molecule has 1 saturated heterocycles. The molecule has 10 heteroatoms. The first-order valence-electron chi connectivity index (χ1n) is 9.45. The predicted molar refractivity (Wildman–Crippen MR) is 118 cm³/mol. The van der Waals surface area contributed by atoms with Crippen molar-refractivity contribution >= 4 is 35.0 Å². The Morgan fingerprint density at radius 2 is 2.10 bits per heavy atom. The van der Waals surface area contributed by atoms with Gasteiger partial charge in [0.05, 0.1) is 23.4 Å². The molecule has 2 heterocycles. The topological polar surface area (TPSA) is 85.2 Å². The van der Waals surface area contributed by atoms with Crippen LogP contribution in [0.4, 0.5) is 5.69 Å². The van der Waals surface area contributed by atoms with Gasteiger partial charge in [-0.2, -0.15) is 16.4 Å². The van der Waals surface area contributed by atoms with Gasteiger partial charge in [0.2, 0.25) is 0 Å². The minimum absolute atomic E-state index is 0.302. The number of halogens is 1. The number of hydrogen-bond acceptors (Lipinski definition) is 7. The fourth-order valence-corrected chi connectivity index (χ4v) is 4.53. The van der Waals surface area contributed by atoms with Crippen LogP contribution >= 0.6 is 23.4 Å². The van der Waals surface area contributed by atoms with Crippen LogP contribution in [-0.2, 0) is 6.54 Å². The van der Waals surface area contributed by atoms with Crippen LogP contribution in [0.2, 0.25) is 5.02 Å². The largest absolute Gasteiger partial charge is 0.496 e. The molecule has 0 bridgehead atoms. The van der Waals surface area contributed by atoms with Crippen LogP contribution in [0.25, 0.3) is 5.69 Å². The number of rotatable bonds is 6. The van der Waals surface area contributed by atoms with E-state index in [0.717, 1.165) is 36.8 Å². The molecule has 1 aromatic heterocycles. The van der Waals surface area contributed by atoms with E-state index in [4.69, 9.17) is 16.3 Å². The molecule has 0 aliphatic carbocycles. The van der Waals surface area contributed by atoms with Gasteiger partial charge < -0.3 is 10.1 Å². The number of nitrogens with zero attached hydrogens (tertiary/aromatic N) is 5. The summed E-state index contributed by atoms with van der Waals surface area (Å²) in [7, 11) is 1.50. The third-order valence-electron chi connectivity index (χ3n) is 4.80. The van der Waals surface area contributed by atoms with E-state index in [1.165, 1.54) is 23.7 Å². The maximum absolute atomic E-state index is 12.9. The van der Waals surface area contributed by atoms with Crippen molar-refractivity contribution in [2.24, 2.45) is 0 Å². The average Bonchev–Trinajstić information content (AvgIpc) is 3.29. The second-order valence-electron chi connectivity index (χ2n) is 6.80. The summed E-state index contributed by atoms with van der Waals surface area (Å²) in [5.74, 6) is 2.41. The Morgan fingerprint density at radius 3 is 2.83 bits per heavy atom. The fraction of sp³-hybridized carbons (Fsp3) is 0.300. The Morgan fingerprint density at radius 1 is 1.27 bits per heavy atom. The van der Waals surface area contributed by atoms with Gasteiger partial charge in [-0.05, 0) is 34.2 Å². The molecule has 8 nitrogen and oxygen atoms in total. The van der Waals surface area contributed by atoms with Gasteiger partial charge in [0.25, 0.3) is 5.91 Å². The molecule has 0 unspecified atom stereocenters. The first-order valence-corrected chi connectivity index (χ1v) is 11.0. The lowest BCUT2D eigenvalue weighted by molar-refractivity contribution is 0.102. The van der Waals surface area contributed by atoms with Crippen LogP contribution in [0.15, 0.2) is 42.7 Å². The minimum Gasteiger partial charge on any atom is -0.496 e. The van der Waals surface area contributed by atoms with Crippen molar-refractivity contribution in [3.63, 3.8) is 0 Å². The van der Waals surface area contributed by atoms with E-state index < -0.39 is 0 Å². The monoisotopic (exact) mass is 444 g/mol. The molecule has 156 valence electrons. The van der Waals surface area contributed by atoms with Gasteiger partial charge in [-0.3, -0.25) is 9.69 Å². The molecular formula is C20H21ClN6O2S. The van der Waals surface area contributed by atoms with E-state index in [2.05, 4.69) is 31.8 Å². The van der Waals surface area contributed by atoms with Crippen LogP contribution in [0.3, 0.4) is 0 Å². The van der Waals surface area contributed by atoms with Gasteiger partial charge in [0.15, 0.2) is 0 Å². The van der Waals surface area contributed by atoms with Crippen LogP contribution in [0, 0.1) is 0 Å². The third kappa shape index (κ3) is 4.75. The van der Waals surface area contributed by atoms with Crippen LogP contribution < -0.4 is 10.1 Å². The zero-order chi connectivity index (χ0) is 20.9. The number of anilines is 1. The van der Waals surface area contributed by atoms with Crippen LogP contribution in [0.5, 0.6) is 5.75 Å². The van der Waals surface area contributed by atoms with E-state index in [0.29, 0.717) is 22.0 Å². The van der Waals surface area contributed by atoms with E-state index >= 15 is 0 Å². The number of carbonyl (C=O) groups excluding carboxylic acids is 1. The third-order valence-corrected chi connectivity index (χ3v) is 6.05. The van der Waals surface area contributed by atoms with E-state index in [1.807, 2.05) is 30.0 Å². The van der Waals surface area contributed by atoms with Crippen molar-refractivity contribution in [1.82, 2.24) is 25.1 Å². The van der Waals surface area contributed by atoms with Crippen molar-refractivity contribution < 1.29 is 9.53 Å². The van der Waals surface area contributed by atoms with E-state index in [9.17, 15) is 4.79 Å². The summed E-state index contributed by atoms with van der Waals surface area (Å²) in [5.41, 5.74) is 2.75. The second kappa shape index (κ2) is 9.46. The molecule has 0 radical (unpaired) electrons. The van der Waals surface area contributed by atoms with E-state index in [-0.39, 0.29) is 5.91 Å². The lowest BCUT2D eigenvalue weighted by Gasteiger charge is -2.26. The van der Waals surface area contributed by atoms with Gasteiger partial charge >= 0.3 is 0 Å². The zero-order valence-electron chi connectivity index (χ0n) is 16.4. The summed E-state index contributed by atoms with van der Waals surface area (Å²) in [6.45, 7) is 3.05. The Kier molecular flexibility index (Phi) is 6.51. The number of amides is 1. The Bertz CT molecular complexity index is 1020. The number of tetrazole rings is 1. The summed E-state index contributed by atoms with van der Waals surface area (Å²) in [5, 5.41) is 14.3. The lowest BCUT2D eigenvalue weighted by atomic mass is 10.1. The highest BCUT2D eigenvalue weighted by molar-refractivity contribution is 7.99. The van der Waals surface area contributed by atoms with Gasteiger partial charge in [-0.1, -0.05) is 23.7 Å². The standard InChI is InChI=1S/C20H21ClN6O2S/c1-29-19-11-18(27-13-22-24-25-27)17(21)10-16(19)20(28)23-15-4-2-3-14(9-15)12-26-5-7-30-8-6-26/h2-4,9-11,13H,5-8,12H2,1H3,(H,23,28). The summed E-state index contributed by atoms with van der Waals surface area (Å²) >= 11 is 8.36. The number of carbonyl (C=O) groups is 1. The highest BCUT2D eigenvalue weighted by Crippen LogP contribution is 2.30. The number of methoxy groups -OCH3 is 1. The van der Waals surface area contributed by atoms with Gasteiger partial charge in [0.1, 0.15) is 12.1 Å². The maximum atomic E-state index is 12.9. The molecule has 1 aliphatic heterocycles. The molecule has 3 aromatic rings. The SMILES string of the molecule is COc1cc(-n2cnnn2)c(Cl)cc1C(=O)Nc1cccc(CN2CCSCC2)c1. The van der Waals surface area contributed by atoms with Crippen molar-refractivity contribution in [1.29, 1.82) is 0 Å². The molecule has 1 fully saturated rings. The smallest absolute Gasteiger partial charge is 0.259 e. The van der Waals surface area contributed by atoms with Crippen molar-refractivity contribution in [3.8, 4) is 11.4 Å². The van der Waals surface area contributed by atoms with Crippen molar-refractivity contribution in [3.05, 3.63) is 58.9 Å². The average molecular weight is 445 g/mol. The number of nitrogens with one attached hydrogen (secondary N) is 1. The molecule has 1 aliphatic rings. The van der Waals surface area contributed by atoms with Crippen molar-refractivity contribution in [2.75, 3.05) is 37.0 Å². The molecule has 30 heavy (non-hydrogen) atoms. The van der Waals surface area contributed by atoms with Gasteiger partial charge in [0, 0.05) is 42.9 Å². The molecule has 4 rings (SSSR count). The lowest BCUT2D eigenvalue weighted by Crippen LogP contribution is -2.31. The first-order chi connectivity index (χ1) is 14.6. The number of benzene rings is 2. The second-order valence-corrected chi connectivity index (χ2v) is 8.43. The minimum atomic E-state index is -0.302.